The van der Waals surface area contributed by atoms with E-state index in [2.05, 4.69) is 0 Å². The molecular formula is C9H11FN2O3. The van der Waals surface area contributed by atoms with Crippen molar-refractivity contribution < 1.29 is 9.50 Å². The Bertz CT molecular complexity index is 473. The lowest BCUT2D eigenvalue weighted by Gasteiger charge is -2.41. The van der Waals surface area contributed by atoms with Crippen LogP contribution in [0, 0.1) is 5.92 Å². The first kappa shape index (κ1) is 10.1. The number of aliphatic hydroxyl groups excluding tert-OH is 1. The summed E-state index contributed by atoms with van der Waals surface area (Å²) in [6.45, 7) is -0.0796. The Morgan fingerprint density at radius 3 is 2.80 bits per heavy atom. The molecule has 82 valence electrons. The molecule has 0 unspecified atom stereocenters. The third-order valence-electron chi connectivity index (χ3n) is 2.72. The summed E-state index contributed by atoms with van der Waals surface area (Å²) in [4.78, 5) is 24.0. The summed E-state index contributed by atoms with van der Waals surface area (Å²) >= 11 is 0. The zero-order chi connectivity index (χ0) is 11.1. The molecule has 0 radical (unpaired) electrons. The van der Waals surface area contributed by atoms with Crippen molar-refractivity contribution in [3.05, 3.63) is 33.1 Å². The third kappa shape index (κ3) is 1.61. The van der Waals surface area contributed by atoms with Gasteiger partial charge in [-0.25, -0.2) is 9.18 Å². The fraction of sp³-hybridized carbons (Fsp3) is 0.556. The van der Waals surface area contributed by atoms with E-state index < -0.39 is 17.0 Å². The highest BCUT2D eigenvalue weighted by Gasteiger charge is 2.46. The molecule has 1 heterocycles. The molecule has 0 atom stereocenters. The number of rotatable bonds is 2. The molecule has 0 spiro atoms. The van der Waals surface area contributed by atoms with Gasteiger partial charge in [0.1, 0.15) is 0 Å². The number of alkyl halides is 1. The maximum atomic E-state index is 14.0. The second-order valence-corrected chi connectivity index (χ2v) is 3.85. The molecule has 1 aromatic heterocycles. The van der Waals surface area contributed by atoms with Crippen molar-refractivity contribution >= 4 is 0 Å². The van der Waals surface area contributed by atoms with Crippen LogP contribution in [-0.2, 0) is 5.79 Å². The molecule has 6 heteroatoms. The van der Waals surface area contributed by atoms with Crippen LogP contribution in [0.25, 0.3) is 0 Å². The number of nitrogens with one attached hydrogen (secondary N) is 1. The van der Waals surface area contributed by atoms with Crippen molar-refractivity contribution in [3.8, 4) is 0 Å². The summed E-state index contributed by atoms with van der Waals surface area (Å²) in [6.07, 6.45) is 1.36. The van der Waals surface area contributed by atoms with Crippen molar-refractivity contribution in [1.29, 1.82) is 0 Å². The lowest BCUT2D eigenvalue weighted by molar-refractivity contribution is -0.0852. The topological polar surface area (TPSA) is 75.1 Å². The fourth-order valence-corrected chi connectivity index (χ4v) is 1.88. The van der Waals surface area contributed by atoms with Crippen LogP contribution in [0.15, 0.2) is 21.9 Å². The number of aromatic amines is 1. The fourth-order valence-electron chi connectivity index (χ4n) is 1.88. The van der Waals surface area contributed by atoms with Crippen molar-refractivity contribution in [2.45, 2.75) is 18.6 Å². The maximum Gasteiger partial charge on any atom is 0.330 e. The first-order valence-electron chi connectivity index (χ1n) is 4.67. The highest BCUT2D eigenvalue weighted by atomic mass is 19.1. The zero-order valence-electron chi connectivity index (χ0n) is 7.94. The van der Waals surface area contributed by atoms with Crippen molar-refractivity contribution in [1.82, 2.24) is 9.55 Å². The first-order valence-corrected chi connectivity index (χ1v) is 4.67. The molecule has 0 aliphatic heterocycles. The average molecular weight is 214 g/mol. The van der Waals surface area contributed by atoms with E-state index in [4.69, 9.17) is 5.11 Å². The van der Waals surface area contributed by atoms with Gasteiger partial charge in [-0.2, -0.15) is 0 Å². The number of aliphatic hydroxyl groups is 1. The van der Waals surface area contributed by atoms with Crippen LogP contribution in [0.5, 0.6) is 0 Å². The number of hydrogen-bond acceptors (Lipinski definition) is 3. The lowest BCUT2D eigenvalue weighted by Crippen LogP contribution is -2.49. The molecule has 0 saturated heterocycles. The molecule has 1 fully saturated rings. The van der Waals surface area contributed by atoms with Gasteiger partial charge in [0.15, 0.2) is 5.79 Å². The quantitative estimate of drug-likeness (QED) is 0.700. The smallest absolute Gasteiger partial charge is 0.330 e. The Morgan fingerprint density at radius 2 is 2.27 bits per heavy atom. The Balaban J connectivity index is 2.32. The molecule has 1 aliphatic carbocycles. The van der Waals surface area contributed by atoms with Gasteiger partial charge in [0.2, 0.25) is 0 Å². The number of halogens is 1. The molecule has 5 nitrogen and oxygen atoms in total. The van der Waals surface area contributed by atoms with Gasteiger partial charge < -0.3 is 5.11 Å². The van der Waals surface area contributed by atoms with E-state index in [0.29, 0.717) is 0 Å². The monoisotopic (exact) mass is 214 g/mol. The Kier molecular flexibility index (Phi) is 2.22. The average Bonchev–Trinajstić information content (AvgIpc) is 2.12. The van der Waals surface area contributed by atoms with Gasteiger partial charge in [0, 0.05) is 31.7 Å². The van der Waals surface area contributed by atoms with E-state index in [1.807, 2.05) is 4.98 Å². The highest BCUT2D eigenvalue weighted by Crippen LogP contribution is 2.43. The van der Waals surface area contributed by atoms with Crippen LogP contribution in [0.3, 0.4) is 0 Å². The third-order valence-corrected chi connectivity index (χ3v) is 2.72. The minimum absolute atomic E-state index is 0.0796. The molecule has 1 saturated carbocycles. The van der Waals surface area contributed by atoms with Gasteiger partial charge in [-0.15, -0.1) is 0 Å². The molecule has 0 aromatic carbocycles. The summed E-state index contributed by atoms with van der Waals surface area (Å²) in [5, 5.41) is 8.77. The lowest BCUT2D eigenvalue weighted by atomic mass is 9.78. The van der Waals surface area contributed by atoms with Crippen LogP contribution in [0.2, 0.25) is 0 Å². The van der Waals surface area contributed by atoms with Crippen LogP contribution < -0.4 is 11.2 Å². The van der Waals surface area contributed by atoms with Crippen LogP contribution >= 0.6 is 0 Å². The van der Waals surface area contributed by atoms with Gasteiger partial charge in [0.25, 0.3) is 5.56 Å². The second-order valence-electron chi connectivity index (χ2n) is 3.85. The van der Waals surface area contributed by atoms with E-state index >= 15 is 0 Å². The van der Waals surface area contributed by atoms with E-state index in [1.54, 1.807) is 0 Å². The minimum Gasteiger partial charge on any atom is -0.396 e. The summed E-state index contributed by atoms with van der Waals surface area (Å²) in [6, 6.07) is 1.11. The maximum absolute atomic E-state index is 14.0. The number of hydrogen-bond donors (Lipinski definition) is 2. The Morgan fingerprint density at radius 1 is 1.60 bits per heavy atom. The SMILES string of the molecule is O=c1ccn(C2(F)CC(CO)C2)c(=O)[nH]1. The van der Waals surface area contributed by atoms with Gasteiger partial charge in [-0.1, -0.05) is 0 Å². The van der Waals surface area contributed by atoms with Gasteiger partial charge in [-0.05, 0) is 5.92 Å². The molecule has 0 amide bonds. The second kappa shape index (κ2) is 3.30. The predicted octanol–water partition coefficient (Wildman–Crippen LogP) is -0.439. The Hall–Kier alpha value is -1.43. The molecular weight excluding hydrogens is 203 g/mol. The number of H-pyrrole nitrogens is 1. The minimum atomic E-state index is -1.76. The summed E-state index contributed by atoms with van der Waals surface area (Å²) in [5.74, 6) is -1.86. The number of nitrogens with zero attached hydrogens (tertiary/aromatic N) is 1. The molecule has 1 aromatic rings. The standard InChI is InChI=1S/C9H11FN2O3/c10-9(3-6(4-9)5-13)12-2-1-7(14)11-8(12)15/h1-2,6,13H,3-5H2,(H,11,14,15). The molecule has 0 bridgehead atoms. The van der Waals surface area contributed by atoms with Gasteiger partial charge in [0.05, 0.1) is 0 Å². The highest BCUT2D eigenvalue weighted by molar-refractivity contribution is 4.96. The van der Waals surface area contributed by atoms with Gasteiger partial charge >= 0.3 is 5.69 Å². The summed E-state index contributed by atoms with van der Waals surface area (Å²) in [7, 11) is 0. The first-order chi connectivity index (χ1) is 7.05. The molecule has 2 rings (SSSR count). The van der Waals surface area contributed by atoms with E-state index in [9.17, 15) is 14.0 Å². The summed E-state index contributed by atoms with van der Waals surface area (Å²) < 4.78 is 14.9. The van der Waals surface area contributed by atoms with Crippen LogP contribution in [0.4, 0.5) is 4.39 Å². The van der Waals surface area contributed by atoms with E-state index in [-0.39, 0.29) is 25.4 Å². The summed E-state index contributed by atoms with van der Waals surface area (Å²) in [5.41, 5.74) is -1.29. The van der Waals surface area contributed by atoms with Gasteiger partial charge in [-0.3, -0.25) is 14.3 Å². The largest absolute Gasteiger partial charge is 0.396 e. The van der Waals surface area contributed by atoms with E-state index in [1.165, 1.54) is 0 Å². The molecule has 1 aliphatic rings. The van der Waals surface area contributed by atoms with Crippen molar-refractivity contribution in [3.63, 3.8) is 0 Å². The predicted molar refractivity (Wildman–Crippen MR) is 50.2 cm³/mol. The van der Waals surface area contributed by atoms with E-state index in [0.717, 1.165) is 16.8 Å². The van der Waals surface area contributed by atoms with Crippen molar-refractivity contribution in [2.24, 2.45) is 5.92 Å². The normalized spacial score (nSPS) is 29.9. The Labute approximate surface area is 84.2 Å². The molecule has 2 N–H and O–H groups in total. The number of aromatic nitrogens is 2. The zero-order valence-corrected chi connectivity index (χ0v) is 7.94. The molecule has 15 heavy (non-hydrogen) atoms. The van der Waals surface area contributed by atoms with Crippen LogP contribution in [-0.4, -0.2) is 21.3 Å². The van der Waals surface area contributed by atoms with Crippen molar-refractivity contribution in [2.75, 3.05) is 6.61 Å². The van der Waals surface area contributed by atoms with Crippen LogP contribution in [0.1, 0.15) is 12.8 Å².